The van der Waals surface area contributed by atoms with E-state index in [0.29, 0.717) is 12.1 Å². The molecule has 2 unspecified atom stereocenters. The maximum atomic E-state index is 13.5. The fourth-order valence-electron chi connectivity index (χ4n) is 3.29. The number of anilines is 1. The van der Waals surface area contributed by atoms with Crippen molar-refractivity contribution in [2.45, 2.75) is 37.8 Å². The molecule has 2 saturated heterocycles. The van der Waals surface area contributed by atoms with Gasteiger partial charge < -0.3 is 10.2 Å². The minimum absolute atomic E-state index is 0.108. The molecule has 100 valence electrons. The van der Waals surface area contributed by atoms with Crippen LogP contribution in [0.25, 0.3) is 0 Å². The van der Waals surface area contributed by atoms with Crippen LogP contribution < -0.4 is 5.32 Å². The summed E-state index contributed by atoms with van der Waals surface area (Å²) in [4.78, 5) is 2.57. The van der Waals surface area contributed by atoms with Gasteiger partial charge >= 0.3 is 0 Å². The topological polar surface area (TPSA) is 39.1 Å². The van der Waals surface area contributed by atoms with Gasteiger partial charge in [0.05, 0.1) is 5.56 Å². The number of nitrogens with one attached hydrogen (secondary N) is 1. The average molecular weight is 259 g/mol. The summed E-state index contributed by atoms with van der Waals surface area (Å²) in [5.41, 5.74) is 0.893. The third kappa shape index (κ3) is 2.57. The van der Waals surface area contributed by atoms with E-state index in [4.69, 9.17) is 5.26 Å². The summed E-state index contributed by atoms with van der Waals surface area (Å²) in [5, 5.41) is 12.1. The third-order valence-corrected chi connectivity index (χ3v) is 4.28. The van der Waals surface area contributed by atoms with Crippen LogP contribution in [-0.4, -0.2) is 30.1 Å². The molecule has 4 heteroatoms. The second kappa shape index (κ2) is 5.18. The maximum absolute atomic E-state index is 13.5. The summed E-state index contributed by atoms with van der Waals surface area (Å²) in [6, 6.07) is 7.74. The van der Waals surface area contributed by atoms with Crippen molar-refractivity contribution >= 4 is 5.69 Å². The van der Waals surface area contributed by atoms with Crippen LogP contribution in [-0.2, 0) is 0 Å². The van der Waals surface area contributed by atoms with Gasteiger partial charge in [-0.2, -0.15) is 5.26 Å². The van der Waals surface area contributed by atoms with Crippen LogP contribution >= 0.6 is 0 Å². The first-order chi connectivity index (χ1) is 9.26. The smallest absolute Gasteiger partial charge is 0.143 e. The van der Waals surface area contributed by atoms with Crippen molar-refractivity contribution < 1.29 is 4.39 Å². The Hall–Kier alpha value is -1.60. The van der Waals surface area contributed by atoms with Crippen LogP contribution in [0, 0.1) is 17.1 Å². The molecule has 3 nitrogen and oxygen atoms in total. The number of rotatable bonds is 2. The Labute approximate surface area is 113 Å². The monoisotopic (exact) mass is 259 g/mol. The van der Waals surface area contributed by atoms with E-state index in [1.165, 1.54) is 25.5 Å². The molecule has 2 atom stereocenters. The second-order valence-corrected chi connectivity index (χ2v) is 5.50. The van der Waals surface area contributed by atoms with Crippen LogP contribution in [0.2, 0.25) is 0 Å². The van der Waals surface area contributed by atoms with E-state index >= 15 is 0 Å². The van der Waals surface area contributed by atoms with E-state index in [-0.39, 0.29) is 5.56 Å². The van der Waals surface area contributed by atoms with Gasteiger partial charge in [0, 0.05) is 24.3 Å². The fourth-order valence-corrected chi connectivity index (χ4v) is 3.29. The molecule has 0 spiro atoms. The summed E-state index contributed by atoms with van der Waals surface area (Å²) in [5.74, 6) is -0.439. The van der Waals surface area contributed by atoms with Crippen molar-refractivity contribution in [1.29, 1.82) is 5.26 Å². The number of piperidine rings is 1. The van der Waals surface area contributed by atoms with Gasteiger partial charge in [0.15, 0.2) is 0 Å². The van der Waals surface area contributed by atoms with Gasteiger partial charge in [-0.15, -0.1) is 0 Å². The molecule has 0 radical (unpaired) electrons. The zero-order chi connectivity index (χ0) is 13.2. The lowest BCUT2D eigenvalue weighted by Gasteiger charge is -2.35. The van der Waals surface area contributed by atoms with E-state index in [0.717, 1.165) is 25.1 Å². The molecule has 2 fully saturated rings. The number of hydrogen-bond donors (Lipinski definition) is 1. The Morgan fingerprint density at radius 3 is 3.00 bits per heavy atom. The molecule has 19 heavy (non-hydrogen) atoms. The van der Waals surface area contributed by atoms with E-state index in [9.17, 15) is 4.39 Å². The maximum Gasteiger partial charge on any atom is 0.143 e. The highest BCUT2D eigenvalue weighted by Gasteiger charge is 2.31. The lowest BCUT2D eigenvalue weighted by molar-refractivity contribution is 0.188. The Balaban J connectivity index is 1.65. The number of halogens is 1. The van der Waals surface area contributed by atoms with Gasteiger partial charge in [0.25, 0.3) is 0 Å². The van der Waals surface area contributed by atoms with Gasteiger partial charge in [-0.05, 0) is 50.4 Å². The number of hydrogen-bond acceptors (Lipinski definition) is 3. The van der Waals surface area contributed by atoms with Crippen LogP contribution in [0.4, 0.5) is 10.1 Å². The molecule has 1 aromatic rings. The highest BCUT2D eigenvalue weighted by atomic mass is 19.1. The zero-order valence-electron chi connectivity index (χ0n) is 10.9. The first kappa shape index (κ1) is 12.4. The molecule has 2 aliphatic heterocycles. The number of benzene rings is 1. The van der Waals surface area contributed by atoms with Crippen molar-refractivity contribution in [2.75, 3.05) is 18.4 Å². The zero-order valence-corrected chi connectivity index (χ0v) is 10.9. The Morgan fingerprint density at radius 1 is 1.32 bits per heavy atom. The van der Waals surface area contributed by atoms with Gasteiger partial charge in [0.2, 0.25) is 0 Å². The highest BCUT2D eigenvalue weighted by molar-refractivity contribution is 5.48. The number of nitrogens with zero attached hydrogens (tertiary/aromatic N) is 2. The highest BCUT2D eigenvalue weighted by Crippen LogP contribution is 2.28. The molecule has 1 aromatic carbocycles. The first-order valence-electron chi connectivity index (χ1n) is 6.96. The summed E-state index contributed by atoms with van der Waals surface area (Å²) in [7, 11) is 0. The lowest BCUT2D eigenvalue weighted by Crippen LogP contribution is -2.42. The van der Waals surface area contributed by atoms with Crippen LogP contribution in [0.1, 0.15) is 31.2 Å². The van der Waals surface area contributed by atoms with E-state index in [2.05, 4.69) is 10.2 Å². The Bertz CT molecular complexity index is 509. The van der Waals surface area contributed by atoms with Crippen molar-refractivity contribution in [1.82, 2.24) is 4.90 Å². The summed E-state index contributed by atoms with van der Waals surface area (Å²) in [6.07, 6.45) is 4.85. The first-order valence-corrected chi connectivity index (χ1v) is 6.96. The van der Waals surface area contributed by atoms with Gasteiger partial charge in [0.1, 0.15) is 11.9 Å². The van der Waals surface area contributed by atoms with Gasteiger partial charge in [-0.3, -0.25) is 0 Å². The molecule has 0 aliphatic carbocycles. The van der Waals surface area contributed by atoms with Crippen molar-refractivity contribution in [2.24, 2.45) is 0 Å². The van der Waals surface area contributed by atoms with E-state index < -0.39 is 5.82 Å². The van der Waals surface area contributed by atoms with Crippen LogP contribution in [0.15, 0.2) is 18.2 Å². The quantitative estimate of drug-likeness (QED) is 0.887. The standard InChI is InChI=1S/C15H18FN3/c16-15-9-12(4-3-11(15)10-17)18-13-5-7-19-6-1-2-14(19)8-13/h3-4,9,13-14,18H,1-2,5-8H2. The second-order valence-electron chi connectivity index (χ2n) is 5.50. The summed E-state index contributed by atoms with van der Waals surface area (Å²) < 4.78 is 13.5. The molecular weight excluding hydrogens is 241 g/mol. The molecular formula is C15H18FN3. The van der Waals surface area contributed by atoms with Crippen molar-refractivity contribution in [3.63, 3.8) is 0 Å². The molecule has 2 aliphatic rings. The minimum atomic E-state index is -0.439. The van der Waals surface area contributed by atoms with Crippen LogP contribution in [0.3, 0.4) is 0 Å². The average Bonchev–Trinajstić information content (AvgIpc) is 2.86. The lowest BCUT2D eigenvalue weighted by atomic mass is 9.97. The van der Waals surface area contributed by atoms with Crippen LogP contribution in [0.5, 0.6) is 0 Å². The van der Waals surface area contributed by atoms with Gasteiger partial charge in [-0.25, -0.2) is 4.39 Å². The molecule has 1 N–H and O–H groups in total. The van der Waals surface area contributed by atoms with Gasteiger partial charge in [-0.1, -0.05) is 0 Å². The molecule has 0 aromatic heterocycles. The molecule has 0 bridgehead atoms. The largest absolute Gasteiger partial charge is 0.382 e. The normalized spacial score (nSPS) is 26.7. The predicted molar refractivity (Wildman–Crippen MR) is 72.4 cm³/mol. The van der Waals surface area contributed by atoms with Crippen molar-refractivity contribution in [3.05, 3.63) is 29.6 Å². The Morgan fingerprint density at radius 2 is 2.21 bits per heavy atom. The Kier molecular flexibility index (Phi) is 3.39. The number of nitriles is 1. The molecule has 3 rings (SSSR count). The number of fused-ring (bicyclic) bond motifs is 1. The van der Waals surface area contributed by atoms with Crippen molar-refractivity contribution in [3.8, 4) is 6.07 Å². The fraction of sp³-hybridized carbons (Fsp3) is 0.533. The predicted octanol–water partition coefficient (Wildman–Crippen LogP) is 2.74. The molecule has 0 amide bonds. The third-order valence-electron chi connectivity index (χ3n) is 4.28. The molecule has 2 heterocycles. The SMILES string of the molecule is N#Cc1ccc(NC2CCN3CCCC3C2)cc1F. The summed E-state index contributed by atoms with van der Waals surface area (Å²) in [6.45, 7) is 2.38. The van der Waals surface area contributed by atoms with E-state index in [1.807, 2.05) is 6.07 Å². The molecule has 0 saturated carbocycles. The van der Waals surface area contributed by atoms with E-state index in [1.54, 1.807) is 12.1 Å². The summed E-state index contributed by atoms with van der Waals surface area (Å²) >= 11 is 0. The minimum Gasteiger partial charge on any atom is -0.382 e.